The summed E-state index contributed by atoms with van der Waals surface area (Å²) >= 11 is 0. The Hall–Kier alpha value is 0.627. The maximum atomic E-state index is 3.30. The second-order valence-electron chi connectivity index (χ2n) is 5.49. The van der Waals surface area contributed by atoms with E-state index >= 15 is 0 Å². The van der Waals surface area contributed by atoms with Gasteiger partial charge < -0.3 is 0 Å². The molecule has 0 atom stereocenters. The topological polar surface area (TPSA) is 0 Å². The predicted molar refractivity (Wildman–Crippen MR) is 99.5 cm³/mol. The van der Waals surface area contributed by atoms with Gasteiger partial charge in [-0.25, -0.2) is 23.3 Å². The SMILES string of the molecule is CC(C)(C)C1=[C-]CC=C1.CC1=[C-]CC=C1.C[SiH]C.Cl.Cl.[Hf]. The molecule has 1 radical (unpaired) electrons. The molecule has 0 spiro atoms. The predicted octanol–water partition coefficient (Wildman–Crippen LogP) is 5.78. The summed E-state index contributed by atoms with van der Waals surface area (Å²) in [6, 6.07) is 0. The van der Waals surface area contributed by atoms with Crippen LogP contribution in [0.4, 0.5) is 0 Å². The zero-order valence-corrected chi connectivity index (χ0v) is 20.5. The number of hydrogen-bond donors (Lipinski definition) is 0. The van der Waals surface area contributed by atoms with E-state index in [4.69, 9.17) is 0 Å². The van der Waals surface area contributed by atoms with E-state index in [0.29, 0.717) is 5.41 Å². The molecule has 0 amide bonds. The molecule has 2 rings (SSSR count). The molecule has 0 nitrogen and oxygen atoms in total. The van der Waals surface area contributed by atoms with Crippen molar-refractivity contribution in [2.45, 2.75) is 53.6 Å². The fraction of sp³-hybridized carbons (Fsp3) is 0.529. The van der Waals surface area contributed by atoms with Crippen LogP contribution in [0.25, 0.3) is 0 Å². The van der Waals surface area contributed by atoms with Gasteiger partial charge in [0.15, 0.2) is 0 Å². The second-order valence-corrected chi connectivity index (χ2v) is 6.65. The van der Waals surface area contributed by atoms with E-state index in [1.54, 1.807) is 0 Å². The van der Waals surface area contributed by atoms with Crippen molar-refractivity contribution in [2.75, 3.05) is 0 Å². The van der Waals surface area contributed by atoms with E-state index in [0.717, 1.165) is 22.4 Å². The molecule has 0 unspecified atom stereocenters. The van der Waals surface area contributed by atoms with Crippen molar-refractivity contribution in [2.24, 2.45) is 5.41 Å². The fourth-order valence-corrected chi connectivity index (χ4v) is 1.43. The minimum atomic E-state index is 0. The maximum absolute atomic E-state index is 3.30. The number of hydrogen-bond acceptors (Lipinski definition) is 0. The van der Waals surface area contributed by atoms with E-state index in [-0.39, 0.29) is 50.7 Å². The summed E-state index contributed by atoms with van der Waals surface area (Å²) in [6.45, 7) is 13.1. The summed E-state index contributed by atoms with van der Waals surface area (Å²) in [5, 5.41) is 0. The van der Waals surface area contributed by atoms with Crippen LogP contribution < -0.4 is 0 Å². The Bertz CT molecular complexity index is 348. The third kappa shape index (κ3) is 16.8. The molecule has 0 saturated carbocycles. The summed E-state index contributed by atoms with van der Waals surface area (Å²) in [4.78, 5) is 0. The summed E-state index contributed by atoms with van der Waals surface area (Å²) in [6.07, 6.45) is 17.0. The van der Waals surface area contributed by atoms with Crippen LogP contribution in [-0.4, -0.2) is 9.52 Å². The van der Waals surface area contributed by atoms with Gasteiger partial charge in [0.2, 0.25) is 0 Å². The Kier molecular flexibility index (Phi) is 24.0. The molecule has 0 saturated heterocycles. The zero-order valence-electron chi connectivity index (χ0n) is 14.1. The minimum Gasteiger partial charge on any atom is -0.270 e. The normalized spacial score (nSPS) is 14.0. The van der Waals surface area contributed by atoms with Gasteiger partial charge in [0, 0.05) is 35.4 Å². The molecule has 0 fully saturated rings. The molecule has 0 bridgehead atoms. The molecule has 2 aliphatic carbocycles. The first kappa shape index (κ1) is 29.6. The number of halogens is 2. The first-order valence-electron chi connectivity index (χ1n) is 6.67. The Morgan fingerprint density at radius 1 is 0.952 bits per heavy atom. The van der Waals surface area contributed by atoms with Crippen LogP contribution in [-0.2, 0) is 25.8 Å². The smallest absolute Gasteiger partial charge is 0.0213 e. The zero-order chi connectivity index (χ0) is 14.0. The van der Waals surface area contributed by atoms with Crippen LogP contribution >= 0.6 is 24.8 Å². The average Bonchev–Trinajstić information content (AvgIpc) is 2.89. The number of allylic oxidation sites excluding steroid dienone is 8. The summed E-state index contributed by atoms with van der Waals surface area (Å²) in [5.74, 6) is 0. The minimum absolute atomic E-state index is 0. The molecule has 0 N–H and O–H groups in total. The van der Waals surface area contributed by atoms with Crippen molar-refractivity contribution in [1.82, 2.24) is 0 Å². The quantitative estimate of drug-likeness (QED) is 0.286. The van der Waals surface area contributed by atoms with Crippen molar-refractivity contribution in [1.29, 1.82) is 0 Å². The van der Waals surface area contributed by atoms with Crippen LogP contribution in [0.1, 0.15) is 40.5 Å². The van der Waals surface area contributed by atoms with Crippen molar-refractivity contribution < 1.29 is 25.8 Å². The van der Waals surface area contributed by atoms with Gasteiger partial charge >= 0.3 is 0 Å². The first-order chi connectivity index (χ1) is 8.41. The average molecular weight is 511 g/mol. The largest absolute Gasteiger partial charge is 0.270 e. The molecule has 0 heterocycles. The van der Waals surface area contributed by atoms with Crippen LogP contribution in [0.15, 0.2) is 35.5 Å². The molecule has 2 aliphatic rings. The van der Waals surface area contributed by atoms with Gasteiger partial charge in [-0.1, -0.05) is 40.8 Å². The monoisotopic (exact) mass is 511 g/mol. The van der Waals surface area contributed by atoms with Gasteiger partial charge in [-0.3, -0.25) is 12.2 Å². The third-order valence-electron chi connectivity index (χ3n) is 2.37. The maximum Gasteiger partial charge on any atom is 0.0213 e. The first-order valence-corrected chi connectivity index (χ1v) is 8.98. The molecule has 121 valence electrons. The van der Waals surface area contributed by atoms with Gasteiger partial charge in [0.1, 0.15) is 0 Å². The molecular weight excluding hydrogens is 482 g/mol. The summed E-state index contributed by atoms with van der Waals surface area (Å²) in [5.41, 5.74) is 2.92. The van der Waals surface area contributed by atoms with Crippen LogP contribution in [0.2, 0.25) is 13.1 Å². The Balaban J connectivity index is -0.000000107. The van der Waals surface area contributed by atoms with Gasteiger partial charge in [-0.05, 0) is 5.41 Å². The Morgan fingerprint density at radius 2 is 1.38 bits per heavy atom. The van der Waals surface area contributed by atoms with Crippen molar-refractivity contribution in [3.05, 3.63) is 47.6 Å². The Morgan fingerprint density at radius 3 is 1.52 bits per heavy atom. The molecule has 4 heteroatoms. The molecule has 0 aromatic carbocycles. The van der Waals surface area contributed by atoms with Crippen molar-refractivity contribution in [3.63, 3.8) is 0 Å². The fourth-order valence-electron chi connectivity index (χ4n) is 1.43. The number of rotatable bonds is 0. The van der Waals surface area contributed by atoms with E-state index in [2.05, 4.69) is 77.2 Å². The van der Waals surface area contributed by atoms with Gasteiger partial charge in [-0.15, -0.1) is 37.7 Å². The Labute approximate surface area is 166 Å². The van der Waals surface area contributed by atoms with E-state index < -0.39 is 0 Å². The standard InChI is InChI=1S/C9H13.C6H7.C2H7Si.2ClH.Hf/c1-9(2,3)8-6-4-5-7-8;1-6-4-2-3-5-6;1-3-2;;;/h4,6H,5H2,1-3H3;2,4H,3H2,1H3;3H,1-2H3;2*1H;/q2*-1;;;;. The van der Waals surface area contributed by atoms with E-state index in [1.165, 1.54) is 11.1 Å². The van der Waals surface area contributed by atoms with Crippen LogP contribution in [0.3, 0.4) is 0 Å². The molecule has 21 heavy (non-hydrogen) atoms. The second kappa shape index (κ2) is 17.0. The molecular formula is C17H29Cl2HfSi-2. The van der Waals surface area contributed by atoms with Crippen molar-refractivity contribution >= 4 is 34.3 Å². The molecule has 0 aromatic rings. The molecule has 0 aromatic heterocycles. The van der Waals surface area contributed by atoms with Gasteiger partial charge in [-0.2, -0.15) is 12.2 Å². The summed E-state index contributed by atoms with van der Waals surface area (Å²) in [7, 11) is 0.750. The third-order valence-corrected chi connectivity index (χ3v) is 2.37. The van der Waals surface area contributed by atoms with E-state index in [9.17, 15) is 0 Å². The van der Waals surface area contributed by atoms with Crippen molar-refractivity contribution in [3.8, 4) is 0 Å². The van der Waals surface area contributed by atoms with Gasteiger partial charge in [0.25, 0.3) is 0 Å². The molecule has 0 aliphatic heterocycles. The van der Waals surface area contributed by atoms with Crippen LogP contribution in [0, 0.1) is 17.6 Å². The van der Waals surface area contributed by atoms with Gasteiger partial charge in [0.05, 0.1) is 0 Å². The van der Waals surface area contributed by atoms with Crippen LogP contribution in [0.5, 0.6) is 0 Å². The van der Waals surface area contributed by atoms with E-state index in [1.807, 2.05) is 0 Å². The summed E-state index contributed by atoms with van der Waals surface area (Å²) < 4.78 is 0.